The van der Waals surface area contributed by atoms with E-state index in [9.17, 15) is 22.9 Å². The number of nitrogens with zero attached hydrogens (tertiary/aromatic N) is 2. The number of rotatable bonds is 5. The minimum absolute atomic E-state index is 0.0382. The second-order valence-electron chi connectivity index (χ2n) is 4.26. The highest BCUT2D eigenvalue weighted by atomic mass is 32.2. The van der Waals surface area contributed by atoms with Crippen molar-refractivity contribution in [1.29, 1.82) is 0 Å². The molecule has 0 bridgehead atoms. The van der Waals surface area contributed by atoms with Crippen molar-refractivity contribution in [2.45, 2.75) is 18.4 Å². The van der Waals surface area contributed by atoms with Gasteiger partial charge in [-0.25, -0.2) is 13.1 Å². The van der Waals surface area contributed by atoms with Gasteiger partial charge in [-0.3, -0.25) is 15.2 Å². The van der Waals surface area contributed by atoms with Crippen LogP contribution in [0.15, 0.2) is 29.4 Å². The van der Waals surface area contributed by atoms with Crippen molar-refractivity contribution >= 4 is 15.7 Å². The van der Waals surface area contributed by atoms with Gasteiger partial charge in [0.05, 0.1) is 16.0 Å². The van der Waals surface area contributed by atoms with Crippen LogP contribution in [0.25, 0.3) is 0 Å². The third kappa shape index (κ3) is 3.23. The maximum absolute atomic E-state index is 13.4. The van der Waals surface area contributed by atoms with Crippen LogP contribution in [0.1, 0.15) is 11.1 Å². The van der Waals surface area contributed by atoms with Gasteiger partial charge in [-0.2, -0.15) is 9.49 Å². The predicted octanol–water partition coefficient (Wildman–Crippen LogP) is 1.24. The first-order valence-electron chi connectivity index (χ1n) is 5.73. The van der Waals surface area contributed by atoms with E-state index in [0.29, 0.717) is 11.6 Å². The molecule has 0 aliphatic heterocycles. The summed E-state index contributed by atoms with van der Waals surface area (Å²) in [7, 11) is -4.00. The van der Waals surface area contributed by atoms with Crippen LogP contribution in [-0.4, -0.2) is 23.5 Å². The molecule has 1 aromatic heterocycles. The molecule has 0 unspecified atom stereocenters. The molecule has 0 saturated heterocycles. The van der Waals surface area contributed by atoms with E-state index in [4.69, 9.17) is 0 Å². The number of nitro benzene ring substituents is 1. The van der Waals surface area contributed by atoms with Gasteiger partial charge in [-0.15, -0.1) is 0 Å². The van der Waals surface area contributed by atoms with Crippen LogP contribution in [0.2, 0.25) is 0 Å². The predicted molar refractivity (Wildman–Crippen MR) is 70.4 cm³/mol. The average molecular weight is 314 g/mol. The van der Waals surface area contributed by atoms with Crippen LogP contribution in [-0.2, 0) is 16.6 Å². The minimum Gasteiger partial charge on any atom is -0.285 e. The topological polar surface area (TPSA) is 118 Å². The van der Waals surface area contributed by atoms with Crippen molar-refractivity contribution in [2.75, 3.05) is 0 Å². The second kappa shape index (κ2) is 5.58. The number of hydrogen-bond donors (Lipinski definition) is 2. The molecule has 0 aliphatic carbocycles. The van der Waals surface area contributed by atoms with Crippen molar-refractivity contribution in [1.82, 2.24) is 14.9 Å². The highest BCUT2D eigenvalue weighted by Gasteiger charge is 2.24. The standard InChI is InChI=1S/C11H11FN4O4S/c1-7-2-9(12)10(16(17)18)3-11(7)21(19,20)15-6-8-4-13-14-5-8/h2-5,15H,6H2,1H3,(H,13,14). The first kappa shape index (κ1) is 15.1. The van der Waals surface area contributed by atoms with Gasteiger partial charge in [-0.05, 0) is 18.6 Å². The highest BCUT2D eigenvalue weighted by molar-refractivity contribution is 7.89. The van der Waals surface area contributed by atoms with Crippen LogP contribution in [0.4, 0.5) is 10.1 Å². The number of halogens is 1. The largest absolute Gasteiger partial charge is 0.306 e. The summed E-state index contributed by atoms with van der Waals surface area (Å²) in [6.45, 7) is 1.32. The Morgan fingerprint density at radius 2 is 2.19 bits per heavy atom. The maximum atomic E-state index is 13.4. The molecular weight excluding hydrogens is 303 g/mol. The number of hydrogen-bond acceptors (Lipinski definition) is 5. The lowest BCUT2D eigenvalue weighted by Crippen LogP contribution is -2.24. The van der Waals surface area contributed by atoms with Gasteiger partial charge in [0.25, 0.3) is 0 Å². The Morgan fingerprint density at radius 3 is 2.76 bits per heavy atom. The number of benzene rings is 1. The van der Waals surface area contributed by atoms with Crippen molar-refractivity contribution < 1.29 is 17.7 Å². The lowest BCUT2D eigenvalue weighted by molar-refractivity contribution is -0.387. The van der Waals surface area contributed by atoms with E-state index in [1.807, 2.05) is 0 Å². The summed E-state index contributed by atoms with van der Waals surface area (Å²) < 4.78 is 40.0. The van der Waals surface area contributed by atoms with Crippen LogP contribution in [0.3, 0.4) is 0 Å². The lowest BCUT2D eigenvalue weighted by atomic mass is 10.2. The summed E-state index contributed by atoms with van der Waals surface area (Å²) in [4.78, 5) is 9.39. The number of nitrogens with one attached hydrogen (secondary N) is 2. The molecule has 2 aromatic rings. The summed E-state index contributed by atoms with van der Waals surface area (Å²) >= 11 is 0. The minimum atomic E-state index is -4.00. The number of nitro groups is 1. The number of aromatic amines is 1. The normalized spacial score (nSPS) is 11.5. The zero-order valence-electron chi connectivity index (χ0n) is 10.8. The maximum Gasteiger partial charge on any atom is 0.306 e. The van der Waals surface area contributed by atoms with Crippen LogP contribution in [0, 0.1) is 22.9 Å². The summed E-state index contributed by atoms with van der Waals surface area (Å²) in [5.41, 5.74) is -0.213. The van der Waals surface area contributed by atoms with Crippen molar-refractivity contribution in [3.63, 3.8) is 0 Å². The molecule has 2 rings (SSSR count). The first-order chi connectivity index (χ1) is 9.81. The third-order valence-corrected chi connectivity index (χ3v) is 4.30. The SMILES string of the molecule is Cc1cc(F)c([N+](=O)[O-])cc1S(=O)(=O)NCc1cn[nH]c1. The molecule has 8 nitrogen and oxygen atoms in total. The summed E-state index contributed by atoms with van der Waals surface area (Å²) in [5.74, 6) is -1.08. The molecule has 0 radical (unpaired) electrons. The fourth-order valence-electron chi connectivity index (χ4n) is 1.70. The molecule has 0 aliphatic rings. The number of aromatic nitrogens is 2. The molecule has 0 atom stereocenters. The molecule has 0 amide bonds. The van der Waals surface area contributed by atoms with E-state index in [1.165, 1.54) is 19.3 Å². The zero-order chi connectivity index (χ0) is 15.6. The molecule has 2 N–H and O–H groups in total. The molecule has 1 heterocycles. The summed E-state index contributed by atoms with van der Waals surface area (Å²) in [6.07, 6.45) is 2.94. The average Bonchev–Trinajstić information content (AvgIpc) is 2.88. The molecule has 10 heteroatoms. The molecule has 0 fully saturated rings. The fourth-order valence-corrected chi connectivity index (χ4v) is 2.96. The van der Waals surface area contributed by atoms with E-state index in [1.54, 1.807) is 0 Å². The van der Waals surface area contributed by atoms with Crippen LogP contribution < -0.4 is 4.72 Å². The summed E-state index contributed by atoms with van der Waals surface area (Å²) in [5, 5.41) is 16.9. The van der Waals surface area contributed by atoms with Gasteiger partial charge in [0.2, 0.25) is 15.8 Å². The molecule has 1 aromatic carbocycles. The Balaban J connectivity index is 2.35. The first-order valence-corrected chi connectivity index (χ1v) is 7.21. The van der Waals surface area contributed by atoms with Gasteiger partial charge in [0, 0.05) is 24.4 Å². The van der Waals surface area contributed by atoms with E-state index in [2.05, 4.69) is 14.9 Å². The Kier molecular flexibility index (Phi) is 4.00. The molecular formula is C11H11FN4O4S. The Bertz CT molecular complexity index is 774. The van der Waals surface area contributed by atoms with Crippen LogP contribution in [0.5, 0.6) is 0 Å². The quantitative estimate of drug-likeness (QED) is 0.636. The van der Waals surface area contributed by atoms with Gasteiger partial charge >= 0.3 is 5.69 Å². The van der Waals surface area contributed by atoms with E-state index < -0.39 is 26.5 Å². The molecule has 0 spiro atoms. The Labute approximate surface area is 119 Å². The number of sulfonamides is 1. The van der Waals surface area contributed by atoms with Gasteiger partial charge < -0.3 is 0 Å². The second-order valence-corrected chi connectivity index (χ2v) is 5.99. The van der Waals surface area contributed by atoms with E-state index in [0.717, 1.165) is 6.07 Å². The summed E-state index contributed by atoms with van der Waals surface area (Å²) in [6, 6.07) is 1.53. The van der Waals surface area contributed by atoms with Gasteiger partial charge in [0.15, 0.2) is 0 Å². The van der Waals surface area contributed by atoms with E-state index in [-0.39, 0.29) is 17.0 Å². The third-order valence-electron chi connectivity index (χ3n) is 2.75. The lowest BCUT2D eigenvalue weighted by Gasteiger charge is -2.09. The van der Waals surface area contributed by atoms with Crippen molar-refractivity contribution in [3.8, 4) is 0 Å². The fraction of sp³-hybridized carbons (Fsp3) is 0.182. The number of H-pyrrole nitrogens is 1. The molecule has 21 heavy (non-hydrogen) atoms. The highest BCUT2D eigenvalue weighted by Crippen LogP contribution is 2.25. The van der Waals surface area contributed by atoms with E-state index >= 15 is 0 Å². The monoisotopic (exact) mass is 314 g/mol. The van der Waals surface area contributed by atoms with Gasteiger partial charge in [0.1, 0.15) is 0 Å². The van der Waals surface area contributed by atoms with Crippen molar-refractivity contribution in [2.24, 2.45) is 0 Å². The van der Waals surface area contributed by atoms with Crippen molar-refractivity contribution in [3.05, 3.63) is 51.6 Å². The number of aryl methyl sites for hydroxylation is 1. The molecule has 112 valence electrons. The zero-order valence-corrected chi connectivity index (χ0v) is 11.6. The van der Waals surface area contributed by atoms with Crippen LogP contribution >= 0.6 is 0 Å². The Morgan fingerprint density at radius 1 is 1.48 bits per heavy atom. The smallest absolute Gasteiger partial charge is 0.285 e. The molecule has 0 saturated carbocycles. The van der Waals surface area contributed by atoms with Gasteiger partial charge in [-0.1, -0.05) is 0 Å². The Hall–Kier alpha value is -2.33.